The smallest absolute Gasteiger partial charge is 0.290 e. The van der Waals surface area contributed by atoms with E-state index in [-0.39, 0.29) is 0 Å². The van der Waals surface area contributed by atoms with Crippen molar-refractivity contribution in [1.82, 2.24) is 0 Å². The normalized spacial score (nSPS) is 11.6. The van der Waals surface area contributed by atoms with Crippen molar-refractivity contribution in [3.8, 4) is 0 Å². The van der Waals surface area contributed by atoms with Gasteiger partial charge in [-0.25, -0.2) is 0 Å². The SMILES string of the molecule is COC(Cl)(Cl)SSC(=O)Cl. The van der Waals surface area contributed by atoms with Crippen molar-refractivity contribution in [2.24, 2.45) is 0 Å². The highest BCUT2D eigenvalue weighted by Crippen LogP contribution is 2.44. The van der Waals surface area contributed by atoms with E-state index in [1.807, 2.05) is 0 Å². The zero-order valence-electron chi connectivity index (χ0n) is 4.77. The van der Waals surface area contributed by atoms with Gasteiger partial charge in [-0.15, -0.1) is 0 Å². The lowest BCUT2D eigenvalue weighted by Gasteiger charge is -2.13. The Hall–Kier alpha value is 1.20. The minimum Gasteiger partial charge on any atom is -0.341 e. The van der Waals surface area contributed by atoms with E-state index in [1.165, 1.54) is 7.11 Å². The highest BCUT2D eigenvalue weighted by molar-refractivity contribution is 8.83. The van der Waals surface area contributed by atoms with Crippen molar-refractivity contribution < 1.29 is 9.53 Å². The predicted octanol–water partition coefficient (Wildman–Crippen LogP) is 3.46. The first kappa shape index (κ1) is 11.2. The first-order valence-electron chi connectivity index (χ1n) is 1.96. The van der Waals surface area contributed by atoms with E-state index in [0.717, 1.165) is 21.6 Å². The van der Waals surface area contributed by atoms with Crippen molar-refractivity contribution in [3.05, 3.63) is 0 Å². The molecule has 0 saturated carbocycles. The molecular weight excluding hydrogens is 239 g/mol. The third-order valence-electron chi connectivity index (χ3n) is 0.442. The Morgan fingerprint density at radius 3 is 2.40 bits per heavy atom. The fourth-order valence-corrected chi connectivity index (χ4v) is 1.89. The molecule has 0 amide bonds. The van der Waals surface area contributed by atoms with E-state index in [1.54, 1.807) is 0 Å². The van der Waals surface area contributed by atoms with Gasteiger partial charge >= 0.3 is 0 Å². The largest absolute Gasteiger partial charge is 0.341 e. The third kappa shape index (κ3) is 5.95. The van der Waals surface area contributed by atoms with Gasteiger partial charge in [0, 0.05) is 17.9 Å². The van der Waals surface area contributed by atoms with Crippen molar-refractivity contribution >= 4 is 61.0 Å². The Kier molecular flexibility index (Phi) is 5.55. The van der Waals surface area contributed by atoms with Crippen LogP contribution in [0.1, 0.15) is 0 Å². The molecular formula is C3H3Cl3O2S2. The lowest BCUT2D eigenvalue weighted by Crippen LogP contribution is -2.07. The van der Waals surface area contributed by atoms with Gasteiger partial charge in [-0.2, -0.15) is 0 Å². The first-order valence-corrected chi connectivity index (χ1v) is 5.24. The molecule has 0 aliphatic carbocycles. The van der Waals surface area contributed by atoms with Crippen LogP contribution < -0.4 is 0 Å². The van der Waals surface area contributed by atoms with E-state index in [9.17, 15) is 4.79 Å². The standard InChI is InChI=1S/C3H3Cl3O2S2/c1-8-3(5,6)10-9-2(4)7/h1H3. The molecule has 0 bridgehead atoms. The van der Waals surface area contributed by atoms with Gasteiger partial charge in [0.05, 0.1) is 0 Å². The van der Waals surface area contributed by atoms with E-state index in [2.05, 4.69) is 4.74 Å². The van der Waals surface area contributed by atoms with Crippen LogP contribution in [0.2, 0.25) is 0 Å². The van der Waals surface area contributed by atoms with Crippen LogP contribution in [0.3, 0.4) is 0 Å². The summed E-state index contributed by atoms with van der Waals surface area (Å²) in [6.07, 6.45) is 0. The van der Waals surface area contributed by atoms with Gasteiger partial charge in [0.2, 0.25) is 0 Å². The quantitative estimate of drug-likeness (QED) is 0.327. The van der Waals surface area contributed by atoms with Crippen LogP contribution in [0.5, 0.6) is 0 Å². The first-order chi connectivity index (χ1) is 4.48. The number of alkyl halides is 2. The van der Waals surface area contributed by atoms with Gasteiger partial charge in [0.25, 0.3) is 8.43 Å². The van der Waals surface area contributed by atoms with Gasteiger partial charge in [0.1, 0.15) is 0 Å². The maximum Gasteiger partial charge on any atom is 0.290 e. The third-order valence-corrected chi connectivity index (χ3v) is 4.25. The minimum atomic E-state index is -1.41. The summed E-state index contributed by atoms with van der Waals surface area (Å²) in [6, 6.07) is 0. The van der Waals surface area contributed by atoms with E-state index in [0.29, 0.717) is 0 Å². The van der Waals surface area contributed by atoms with Gasteiger partial charge < -0.3 is 4.74 Å². The van der Waals surface area contributed by atoms with Gasteiger partial charge in [-0.05, 0) is 22.4 Å². The number of carbonyl (C=O) groups excluding carboxylic acids is 1. The molecule has 0 atom stereocenters. The Morgan fingerprint density at radius 1 is 1.60 bits per heavy atom. The number of hydrogen-bond donors (Lipinski definition) is 0. The van der Waals surface area contributed by atoms with Crippen LogP contribution >= 0.6 is 56.4 Å². The van der Waals surface area contributed by atoms with E-state index >= 15 is 0 Å². The van der Waals surface area contributed by atoms with Crippen molar-refractivity contribution in [1.29, 1.82) is 0 Å². The van der Waals surface area contributed by atoms with Crippen LogP contribution in [-0.2, 0) is 4.74 Å². The second-order valence-electron chi connectivity index (χ2n) is 1.07. The van der Waals surface area contributed by atoms with Crippen LogP contribution in [-0.4, -0.2) is 15.5 Å². The molecule has 0 fully saturated rings. The van der Waals surface area contributed by atoms with Crippen LogP contribution in [0.25, 0.3) is 0 Å². The van der Waals surface area contributed by atoms with Gasteiger partial charge in [0.15, 0.2) is 0 Å². The molecule has 0 aromatic carbocycles. The van der Waals surface area contributed by atoms with E-state index in [4.69, 9.17) is 34.8 Å². The second kappa shape index (κ2) is 4.95. The Balaban J connectivity index is 3.56. The monoisotopic (exact) mass is 240 g/mol. The molecule has 0 spiro atoms. The summed E-state index contributed by atoms with van der Waals surface area (Å²) >= 11 is 15.8. The average molecular weight is 242 g/mol. The summed E-state index contributed by atoms with van der Waals surface area (Å²) in [6.45, 7) is 0. The highest BCUT2D eigenvalue weighted by Gasteiger charge is 2.25. The van der Waals surface area contributed by atoms with Crippen LogP contribution in [0.4, 0.5) is 4.79 Å². The summed E-state index contributed by atoms with van der Waals surface area (Å²) in [5, 5.41) is 0. The molecule has 0 heterocycles. The molecule has 0 unspecified atom stereocenters. The lowest BCUT2D eigenvalue weighted by molar-refractivity contribution is 0.203. The topological polar surface area (TPSA) is 26.3 Å². The fourth-order valence-electron chi connectivity index (χ4n) is 0.115. The zero-order chi connectivity index (χ0) is 8.20. The predicted molar refractivity (Wildman–Crippen MR) is 47.9 cm³/mol. The second-order valence-corrected chi connectivity index (χ2v) is 5.62. The number of halogens is 3. The van der Waals surface area contributed by atoms with Gasteiger partial charge in [-0.1, -0.05) is 23.2 Å². The number of methoxy groups -OCH3 is 1. The number of rotatable bonds is 3. The molecule has 0 aliphatic heterocycles. The summed E-state index contributed by atoms with van der Waals surface area (Å²) in [5.41, 5.74) is 0. The molecule has 0 aromatic heterocycles. The lowest BCUT2D eigenvalue weighted by atomic mass is 11.5. The highest BCUT2D eigenvalue weighted by atomic mass is 35.5. The van der Waals surface area contributed by atoms with E-state index < -0.39 is 8.43 Å². The molecule has 0 aromatic rings. The van der Waals surface area contributed by atoms with Crippen molar-refractivity contribution in [2.45, 2.75) is 3.85 Å². The maximum absolute atomic E-state index is 10.1. The molecule has 0 N–H and O–H groups in total. The molecule has 2 nitrogen and oxygen atoms in total. The molecule has 0 aliphatic rings. The Morgan fingerprint density at radius 2 is 2.10 bits per heavy atom. The molecule has 7 heteroatoms. The summed E-state index contributed by atoms with van der Waals surface area (Å²) in [5.74, 6) is 0. The molecule has 60 valence electrons. The number of hydrogen-bond acceptors (Lipinski definition) is 4. The molecule has 0 rings (SSSR count). The molecule has 0 radical (unpaired) electrons. The van der Waals surface area contributed by atoms with Crippen LogP contribution in [0.15, 0.2) is 0 Å². The minimum absolute atomic E-state index is 0.590. The van der Waals surface area contributed by atoms with Crippen molar-refractivity contribution in [3.63, 3.8) is 0 Å². The maximum atomic E-state index is 10.1. The number of ether oxygens (including phenoxy) is 1. The summed E-state index contributed by atoms with van der Waals surface area (Å²) in [7, 11) is 2.87. The Labute approximate surface area is 81.3 Å². The number of carbonyl (C=O) groups is 1. The Bertz CT molecular complexity index is 129. The van der Waals surface area contributed by atoms with Crippen molar-refractivity contribution in [2.75, 3.05) is 7.11 Å². The average Bonchev–Trinajstić information content (AvgIpc) is 1.85. The van der Waals surface area contributed by atoms with Crippen LogP contribution in [0, 0.1) is 0 Å². The fraction of sp³-hybridized carbons (Fsp3) is 0.667. The van der Waals surface area contributed by atoms with Gasteiger partial charge in [-0.3, -0.25) is 4.79 Å². The molecule has 0 saturated heterocycles. The zero-order valence-corrected chi connectivity index (χ0v) is 8.67. The summed E-state index contributed by atoms with van der Waals surface area (Å²) < 4.78 is 2.55. The summed E-state index contributed by atoms with van der Waals surface area (Å²) in [4.78, 5) is 10.1. The molecule has 10 heavy (non-hydrogen) atoms.